The second kappa shape index (κ2) is 8.85. The minimum atomic E-state index is -0.581. The van der Waals surface area contributed by atoms with E-state index < -0.39 is 11.9 Å². The Hall–Kier alpha value is -3.91. The Morgan fingerprint density at radius 2 is 1.65 bits per heavy atom. The van der Waals surface area contributed by atoms with Crippen LogP contribution in [-0.2, 0) is 4.74 Å². The van der Waals surface area contributed by atoms with E-state index in [0.717, 1.165) is 22.3 Å². The maximum Gasteiger partial charge on any atom is 0.407 e. The molecule has 4 nitrogen and oxygen atoms in total. The molecule has 0 heterocycles. The number of carbonyl (C=O) groups is 2. The van der Waals surface area contributed by atoms with Crippen molar-refractivity contribution in [3.05, 3.63) is 94.8 Å². The molecule has 0 spiro atoms. The van der Waals surface area contributed by atoms with Gasteiger partial charge in [-0.05, 0) is 47.4 Å². The molecule has 0 aliphatic heterocycles. The number of amides is 1. The van der Waals surface area contributed by atoms with E-state index in [1.165, 1.54) is 25.1 Å². The Kier molecular flexibility index (Phi) is 5.81. The zero-order valence-electron chi connectivity index (χ0n) is 16.9. The Bertz CT molecular complexity index is 1180. The minimum absolute atomic E-state index is 0.0184. The molecule has 154 valence electrons. The topological polar surface area (TPSA) is 55.4 Å². The second-order valence-corrected chi connectivity index (χ2v) is 7.23. The number of ether oxygens (including phenoxy) is 1. The van der Waals surface area contributed by atoms with Gasteiger partial charge in [0.05, 0.1) is 6.54 Å². The van der Waals surface area contributed by atoms with Gasteiger partial charge in [0.15, 0.2) is 5.78 Å². The maximum absolute atomic E-state index is 13.4. The summed E-state index contributed by atoms with van der Waals surface area (Å²) in [6.07, 6.45) is -0.581. The highest BCUT2D eigenvalue weighted by Gasteiger charge is 2.28. The van der Waals surface area contributed by atoms with Crippen LogP contribution in [0.5, 0.6) is 0 Å². The zero-order valence-corrected chi connectivity index (χ0v) is 16.9. The van der Waals surface area contributed by atoms with E-state index in [1.807, 2.05) is 24.3 Å². The number of carbonyl (C=O) groups excluding carboxylic acids is 2. The van der Waals surface area contributed by atoms with Gasteiger partial charge in [-0.2, -0.15) is 0 Å². The van der Waals surface area contributed by atoms with Crippen molar-refractivity contribution in [2.45, 2.75) is 12.8 Å². The fourth-order valence-corrected chi connectivity index (χ4v) is 3.83. The summed E-state index contributed by atoms with van der Waals surface area (Å²) in [4.78, 5) is 23.8. The number of nitrogens with one attached hydrogen (secondary N) is 1. The lowest BCUT2D eigenvalue weighted by atomic mass is 9.98. The van der Waals surface area contributed by atoms with Crippen LogP contribution in [-0.4, -0.2) is 25.0 Å². The molecular weight excluding hydrogens is 393 g/mol. The first kappa shape index (κ1) is 20.4. The largest absolute Gasteiger partial charge is 0.449 e. The Morgan fingerprint density at radius 3 is 2.29 bits per heavy atom. The lowest BCUT2D eigenvalue weighted by Crippen LogP contribution is -2.26. The van der Waals surface area contributed by atoms with E-state index in [4.69, 9.17) is 4.74 Å². The summed E-state index contributed by atoms with van der Waals surface area (Å²) in [6, 6.07) is 20.0. The van der Waals surface area contributed by atoms with E-state index in [2.05, 4.69) is 41.4 Å². The Morgan fingerprint density at radius 1 is 1.00 bits per heavy atom. The van der Waals surface area contributed by atoms with Crippen molar-refractivity contribution in [2.24, 2.45) is 0 Å². The summed E-state index contributed by atoms with van der Waals surface area (Å²) in [7, 11) is 0. The number of hydrogen-bond acceptors (Lipinski definition) is 3. The van der Waals surface area contributed by atoms with Crippen molar-refractivity contribution >= 4 is 11.9 Å². The molecule has 4 rings (SSSR count). The van der Waals surface area contributed by atoms with E-state index in [1.54, 1.807) is 0 Å². The molecule has 3 aromatic rings. The predicted molar refractivity (Wildman–Crippen MR) is 116 cm³/mol. The van der Waals surface area contributed by atoms with Crippen LogP contribution < -0.4 is 5.32 Å². The van der Waals surface area contributed by atoms with Gasteiger partial charge in [-0.3, -0.25) is 4.79 Å². The van der Waals surface area contributed by atoms with Gasteiger partial charge in [0, 0.05) is 17.0 Å². The van der Waals surface area contributed by atoms with Crippen LogP contribution in [0.2, 0.25) is 0 Å². The third-order valence-electron chi connectivity index (χ3n) is 5.25. The van der Waals surface area contributed by atoms with Crippen LogP contribution in [0.4, 0.5) is 9.18 Å². The highest BCUT2D eigenvalue weighted by Crippen LogP contribution is 2.44. The molecule has 0 atom stereocenters. The molecule has 31 heavy (non-hydrogen) atoms. The molecule has 0 bridgehead atoms. The first-order chi connectivity index (χ1) is 15.0. The summed E-state index contributed by atoms with van der Waals surface area (Å²) in [5.74, 6) is 4.77. The molecule has 0 unspecified atom stereocenters. The number of Topliss-reactive ketones (excluding diaryl/α,β-unsaturated/α-hetero) is 1. The molecular formula is C26H20FNO3. The molecule has 1 aliphatic rings. The van der Waals surface area contributed by atoms with Crippen LogP contribution in [0.15, 0.2) is 66.7 Å². The molecule has 3 aromatic carbocycles. The van der Waals surface area contributed by atoms with Gasteiger partial charge in [0.2, 0.25) is 0 Å². The molecule has 0 saturated carbocycles. The number of benzene rings is 3. The highest BCUT2D eigenvalue weighted by molar-refractivity contribution is 5.96. The van der Waals surface area contributed by atoms with Gasteiger partial charge in [0.1, 0.15) is 12.4 Å². The minimum Gasteiger partial charge on any atom is -0.449 e. The van der Waals surface area contributed by atoms with Crippen LogP contribution in [0, 0.1) is 17.7 Å². The van der Waals surface area contributed by atoms with E-state index in [-0.39, 0.29) is 24.9 Å². The first-order valence-corrected chi connectivity index (χ1v) is 9.93. The third kappa shape index (κ3) is 4.34. The fourth-order valence-electron chi connectivity index (χ4n) is 3.83. The van der Waals surface area contributed by atoms with Gasteiger partial charge < -0.3 is 10.1 Å². The molecule has 1 amide bonds. The summed E-state index contributed by atoms with van der Waals surface area (Å²) in [5.41, 5.74) is 5.24. The van der Waals surface area contributed by atoms with Crippen LogP contribution in [0.1, 0.15) is 39.9 Å². The Labute approximate surface area is 180 Å². The van der Waals surface area contributed by atoms with Gasteiger partial charge in [-0.25, -0.2) is 9.18 Å². The fraction of sp³-hybridized carbons (Fsp3) is 0.154. The standard InChI is InChI=1S/C26H20FNO3/c1-17(29)20-13-12-19(27)15-18(20)7-6-14-28-26(30)31-16-25-23-10-4-2-8-21(23)22-9-3-5-11-24(22)25/h2-5,8-13,15,25H,14,16H2,1H3,(H,28,30). The number of alkyl carbamates (subject to hydrolysis) is 1. The summed E-state index contributed by atoms with van der Waals surface area (Å²) < 4.78 is 18.9. The number of hydrogen-bond donors (Lipinski definition) is 1. The normalized spacial score (nSPS) is 11.7. The molecule has 0 saturated heterocycles. The molecule has 5 heteroatoms. The molecule has 0 radical (unpaired) electrons. The molecule has 1 aliphatic carbocycles. The average Bonchev–Trinajstić information content (AvgIpc) is 3.09. The van der Waals surface area contributed by atoms with Crippen LogP contribution >= 0.6 is 0 Å². The molecule has 1 N–H and O–H groups in total. The average molecular weight is 413 g/mol. The summed E-state index contributed by atoms with van der Waals surface area (Å²) >= 11 is 0. The molecule has 0 fully saturated rings. The third-order valence-corrected chi connectivity index (χ3v) is 5.25. The smallest absolute Gasteiger partial charge is 0.407 e. The van der Waals surface area contributed by atoms with Gasteiger partial charge in [-0.15, -0.1) is 0 Å². The van der Waals surface area contributed by atoms with Gasteiger partial charge in [-0.1, -0.05) is 60.4 Å². The number of fused-ring (bicyclic) bond motifs is 3. The number of halogens is 1. The van der Waals surface area contributed by atoms with E-state index >= 15 is 0 Å². The van der Waals surface area contributed by atoms with Gasteiger partial charge in [0.25, 0.3) is 0 Å². The zero-order chi connectivity index (χ0) is 21.8. The summed E-state index contributed by atoms with van der Waals surface area (Å²) in [6.45, 7) is 1.63. The lowest BCUT2D eigenvalue weighted by molar-refractivity contribution is 0.101. The van der Waals surface area contributed by atoms with Crippen molar-refractivity contribution < 1.29 is 18.7 Å². The number of rotatable bonds is 4. The van der Waals surface area contributed by atoms with Crippen LogP contribution in [0.3, 0.4) is 0 Å². The number of ketones is 1. The Balaban J connectivity index is 1.37. The van der Waals surface area contributed by atoms with E-state index in [9.17, 15) is 14.0 Å². The quantitative estimate of drug-likeness (QED) is 0.488. The lowest BCUT2D eigenvalue weighted by Gasteiger charge is -2.14. The monoisotopic (exact) mass is 413 g/mol. The summed E-state index contributed by atoms with van der Waals surface area (Å²) in [5, 5.41) is 2.57. The second-order valence-electron chi connectivity index (χ2n) is 7.23. The first-order valence-electron chi connectivity index (χ1n) is 9.93. The van der Waals surface area contributed by atoms with Crippen molar-refractivity contribution in [2.75, 3.05) is 13.2 Å². The van der Waals surface area contributed by atoms with Crippen molar-refractivity contribution in [3.8, 4) is 23.0 Å². The van der Waals surface area contributed by atoms with Crippen molar-refractivity contribution in [3.63, 3.8) is 0 Å². The van der Waals surface area contributed by atoms with Crippen LogP contribution in [0.25, 0.3) is 11.1 Å². The SMILES string of the molecule is CC(=O)c1ccc(F)cc1C#CCNC(=O)OCC1c2ccccc2-c2ccccc21. The maximum atomic E-state index is 13.4. The van der Waals surface area contributed by atoms with Gasteiger partial charge >= 0.3 is 6.09 Å². The van der Waals surface area contributed by atoms with Crippen molar-refractivity contribution in [1.29, 1.82) is 0 Å². The van der Waals surface area contributed by atoms with Crippen molar-refractivity contribution in [1.82, 2.24) is 5.32 Å². The predicted octanol–water partition coefficient (Wildman–Crippen LogP) is 4.92. The van der Waals surface area contributed by atoms with E-state index in [0.29, 0.717) is 11.1 Å². The molecule has 0 aromatic heterocycles. The highest BCUT2D eigenvalue weighted by atomic mass is 19.1.